The van der Waals surface area contributed by atoms with Crippen LogP contribution in [0.3, 0.4) is 0 Å². The quantitative estimate of drug-likeness (QED) is 0.711. The number of hydrogen-bond acceptors (Lipinski definition) is 5. The first kappa shape index (κ1) is 16.9. The van der Waals surface area contributed by atoms with E-state index in [1.165, 1.54) is 12.1 Å². The molecule has 1 fully saturated rings. The van der Waals surface area contributed by atoms with Crippen molar-refractivity contribution in [3.63, 3.8) is 0 Å². The van der Waals surface area contributed by atoms with Crippen LogP contribution in [0.25, 0.3) is 11.5 Å². The molecule has 0 aliphatic carbocycles. The zero-order valence-corrected chi connectivity index (χ0v) is 14.5. The highest BCUT2D eigenvalue weighted by Gasteiger charge is 2.35. The van der Waals surface area contributed by atoms with Gasteiger partial charge in [-0.2, -0.15) is 10.2 Å². The first-order valence-electron chi connectivity index (χ1n) is 8.46. The van der Waals surface area contributed by atoms with E-state index in [2.05, 4.69) is 16.2 Å². The Hall–Kier alpha value is -3.53. The summed E-state index contributed by atoms with van der Waals surface area (Å²) in [5.41, 5.74) is 2.66. The Bertz CT molecular complexity index is 1050. The molecule has 7 heteroatoms. The molecular formula is C20H15FN4O2. The summed E-state index contributed by atoms with van der Waals surface area (Å²) in [6.07, 6.45) is 0.267. The Kier molecular flexibility index (Phi) is 4.16. The van der Waals surface area contributed by atoms with E-state index < -0.39 is 0 Å². The Balaban J connectivity index is 1.56. The number of benzene rings is 2. The molecule has 0 saturated carbocycles. The second-order valence-corrected chi connectivity index (χ2v) is 6.48. The van der Waals surface area contributed by atoms with Gasteiger partial charge >= 0.3 is 0 Å². The molecule has 6 nitrogen and oxygen atoms in total. The maximum atomic E-state index is 13.3. The number of hydrogen-bond donors (Lipinski definition) is 0. The molecule has 1 aliphatic rings. The fourth-order valence-corrected chi connectivity index (χ4v) is 3.24. The highest BCUT2D eigenvalue weighted by molar-refractivity contribution is 5.97. The topological polar surface area (TPSA) is 83.0 Å². The molecule has 1 aliphatic heterocycles. The molecule has 1 aromatic heterocycles. The molecule has 0 spiro atoms. The Morgan fingerprint density at radius 3 is 2.74 bits per heavy atom. The maximum Gasteiger partial charge on any atom is 0.257 e. The summed E-state index contributed by atoms with van der Waals surface area (Å²) in [6.45, 7) is 2.19. The fourth-order valence-electron chi connectivity index (χ4n) is 3.24. The average molecular weight is 362 g/mol. The van der Waals surface area contributed by atoms with Gasteiger partial charge < -0.3 is 9.42 Å². The largest absolute Gasteiger partial charge is 0.334 e. The molecule has 27 heavy (non-hydrogen) atoms. The molecule has 1 atom stereocenters. The average Bonchev–Trinajstić information content (AvgIpc) is 3.29. The number of anilines is 1. The van der Waals surface area contributed by atoms with E-state index in [0.29, 0.717) is 40.6 Å². The number of aromatic nitrogens is 2. The van der Waals surface area contributed by atoms with E-state index in [1.807, 2.05) is 0 Å². The van der Waals surface area contributed by atoms with Gasteiger partial charge in [0.15, 0.2) is 5.82 Å². The van der Waals surface area contributed by atoms with Gasteiger partial charge in [-0.3, -0.25) is 4.79 Å². The molecule has 4 rings (SSSR count). The smallest absolute Gasteiger partial charge is 0.257 e. The molecule has 3 aromatic rings. The van der Waals surface area contributed by atoms with Gasteiger partial charge in [0.05, 0.1) is 11.6 Å². The van der Waals surface area contributed by atoms with Crippen molar-refractivity contribution in [1.82, 2.24) is 10.1 Å². The van der Waals surface area contributed by atoms with Crippen LogP contribution in [0, 0.1) is 24.1 Å². The van der Waals surface area contributed by atoms with E-state index in [0.717, 1.165) is 0 Å². The van der Waals surface area contributed by atoms with Crippen LogP contribution in [0.5, 0.6) is 0 Å². The van der Waals surface area contributed by atoms with Gasteiger partial charge in [0, 0.05) is 30.1 Å². The fraction of sp³-hybridized carbons (Fsp3) is 0.200. The van der Waals surface area contributed by atoms with Crippen LogP contribution in [0.2, 0.25) is 0 Å². The normalized spacial score (nSPS) is 16.6. The Morgan fingerprint density at radius 1 is 1.26 bits per heavy atom. The Labute approximate surface area is 154 Å². The second-order valence-electron chi connectivity index (χ2n) is 6.48. The van der Waals surface area contributed by atoms with Gasteiger partial charge in [-0.1, -0.05) is 5.16 Å². The Morgan fingerprint density at radius 2 is 2.04 bits per heavy atom. The summed E-state index contributed by atoms with van der Waals surface area (Å²) in [5, 5.41) is 12.9. The van der Waals surface area contributed by atoms with Crippen LogP contribution in [0.15, 0.2) is 47.0 Å². The predicted molar refractivity (Wildman–Crippen MR) is 95.3 cm³/mol. The van der Waals surface area contributed by atoms with E-state index in [4.69, 9.17) is 9.78 Å². The molecule has 2 heterocycles. The third-order valence-electron chi connectivity index (χ3n) is 4.64. The number of halogens is 1. The van der Waals surface area contributed by atoms with E-state index >= 15 is 0 Å². The number of carbonyl (C=O) groups excluding carboxylic acids is 1. The van der Waals surface area contributed by atoms with Crippen LogP contribution in [-0.4, -0.2) is 22.6 Å². The van der Waals surface area contributed by atoms with Gasteiger partial charge in [-0.15, -0.1) is 0 Å². The van der Waals surface area contributed by atoms with Crippen molar-refractivity contribution >= 4 is 11.6 Å². The van der Waals surface area contributed by atoms with E-state index in [9.17, 15) is 9.18 Å². The minimum Gasteiger partial charge on any atom is -0.334 e. The summed E-state index contributed by atoms with van der Waals surface area (Å²) in [6, 6.07) is 13.3. The molecule has 1 unspecified atom stereocenters. The lowest BCUT2D eigenvalue weighted by Crippen LogP contribution is -2.25. The number of nitrogens with zero attached hydrogens (tertiary/aromatic N) is 4. The first-order valence-corrected chi connectivity index (χ1v) is 8.46. The SMILES string of the molecule is Cc1cc(F)ccc1N1CC(c2noc(-c3ccc(C#N)cc3)n2)CC1=O. The van der Waals surface area contributed by atoms with E-state index in [1.54, 1.807) is 42.2 Å². The number of carbonyl (C=O) groups is 1. The van der Waals surface area contributed by atoms with Crippen molar-refractivity contribution in [3.8, 4) is 17.5 Å². The summed E-state index contributed by atoms with van der Waals surface area (Å²) in [4.78, 5) is 18.5. The molecule has 1 saturated heterocycles. The van der Waals surface area contributed by atoms with Crippen LogP contribution < -0.4 is 4.90 Å². The number of nitriles is 1. The van der Waals surface area contributed by atoms with Crippen molar-refractivity contribution in [2.24, 2.45) is 0 Å². The first-order chi connectivity index (χ1) is 13.0. The van der Waals surface area contributed by atoms with Crippen molar-refractivity contribution < 1.29 is 13.7 Å². The minimum atomic E-state index is -0.329. The molecule has 2 aromatic carbocycles. The third-order valence-corrected chi connectivity index (χ3v) is 4.64. The van der Waals surface area contributed by atoms with Crippen molar-refractivity contribution in [2.75, 3.05) is 11.4 Å². The molecule has 134 valence electrons. The zero-order valence-electron chi connectivity index (χ0n) is 14.5. The third kappa shape index (κ3) is 3.17. The lowest BCUT2D eigenvalue weighted by Gasteiger charge is -2.18. The molecular weight excluding hydrogens is 347 g/mol. The molecule has 1 amide bonds. The maximum absolute atomic E-state index is 13.3. The summed E-state index contributed by atoms with van der Waals surface area (Å²) in [7, 11) is 0. The van der Waals surface area contributed by atoms with Crippen LogP contribution in [-0.2, 0) is 4.79 Å². The standard InChI is InChI=1S/C20H15FN4O2/c1-12-8-16(21)6-7-17(12)25-11-15(9-18(25)26)19-23-20(27-24-19)14-4-2-13(10-22)3-5-14/h2-8,15H,9,11H2,1H3. The summed E-state index contributed by atoms with van der Waals surface area (Å²) < 4.78 is 18.7. The zero-order chi connectivity index (χ0) is 19.0. The minimum absolute atomic E-state index is 0.0561. The highest BCUT2D eigenvalue weighted by atomic mass is 19.1. The van der Waals surface area contributed by atoms with Gasteiger partial charge in [-0.05, 0) is 55.0 Å². The highest BCUT2D eigenvalue weighted by Crippen LogP contribution is 2.33. The summed E-state index contributed by atoms with van der Waals surface area (Å²) in [5.74, 6) is 0.227. The lowest BCUT2D eigenvalue weighted by atomic mass is 10.1. The van der Waals surface area contributed by atoms with Crippen LogP contribution in [0.4, 0.5) is 10.1 Å². The second kappa shape index (κ2) is 6.65. The van der Waals surface area contributed by atoms with Crippen molar-refractivity contribution in [2.45, 2.75) is 19.3 Å². The van der Waals surface area contributed by atoms with Gasteiger partial charge in [0.1, 0.15) is 5.82 Å². The number of rotatable bonds is 3. The lowest BCUT2D eigenvalue weighted by molar-refractivity contribution is -0.117. The van der Waals surface area contributed by atoms with Crippen molar-refractivity contribution in [1.29, 1.82) is 5.26 Å². The monoisotopic (exact) mass is 362 g/mol. The van der Waals surface area contributed by atoms with Crippen LogP contribution in [0.1, 0.15) is 29.3 Å². The van der Waals surface area contributed by atoms with Crippen LogP contribution >= 0.6 is 0 Å². The van der Waals surface area contributed by atoms with Gasteiger partial charge in [0.25, 0.3) is 5.89 Å². The summed E-state index contributed by atoms with van der Waals surface area (Å²) >= 11 is 0. The molecule has 0 bridgehead atoms. The van der Waals surface area contributed by atoms with Crippen molar-refractivity contribution in [3.05, 3.63) is 65.2 Å². The number of amides is 1. The molecule has 0 radical (unpaired) electrons. The molecule has 0 N–H and O–H groups in total. The predicted octanol–water partition coefficient (Wildman–Crippen LogP) is 3.58. The van der Waals surface area contributed by atoms with Gasteiger partial charge in [0.2, 0.25) is 5.91 Å². The number of aryl methyl sites for hydroxylation is 1. The van der Waals surface area contributed by atoms with Gasteiger partial charge in [-0.25, -0.2) is 4.39 Å². The van der Waals surface area contributed by atoms with E-state index in [-0.39, 0.29) is 24.1 Å².